The second kappa shape index (κ2) is 8.44. The number of esters is 1. The maximum atomic E-state index is 12.9. The fourth-order valence-corrected chi connectivity index (χ4v) is 5.75. The predicted molar refractivity (Wildman–Crippen MR) is 114 cm³/mol. The number of hydrogen-bond acceptors (Lipinski definition) is 5. The highest BCUT2D eigenvalue weighted by Gasteiger charge is 2.62. The Bertz CT molecular complexity index is 876. The number of nitrogens with one attached hydrogen (secondary N) is 1. The topological polar surface area (TPSA) is 92.8 Å². The number of ether oxygens (including phenoxy) is 1. The lowest BCUT2D eigenvalue weighted by molar-refractivity contribution is -0.159. The monoisotopic (exact) mass is 426 g/mol. The van der Waals surface area contributed by atoms with Crippen molar-refractivity contribution in [3.05, 3.63) is 29.3 Å². The molecule has 1 saturated heterocycles. The number of fused-ring (bicyclic) bond motifs is 5. The van der Waals surface area contributed by atoms with E-state index in [1.165, 1.54) is 6.92 Å². The molecule has 2 bridgehead atoms. The Morgan fingerprint density at radius 2 is 1.61 bits per heavy atom. The van der Waals surface area contributed by atoms with Gasteiger partial charge in [-0.3, -0.25) is 19.3 Å². The lowest BCUT2D eigenvalue weighted by atomic mass is 9.81. The third kappa shape index (κ3) is 3.64. The maximum absolute atomic E-state index is 12.9. The van der Waals surface area contributed by atoms with Gasteiger partial charge in [-0.1, -0.05) is 32.0 Å². The molecule has 2 aliphatic carbocycles. The Balaban J connectivity index is 1.37. The normalized spacial score (nSPS) is 27.4. The number of carbonyl (C=O) groups is 4. The van der Waals surface area contributed by atoms with Crippen molar-refractivity contribution in [3.63, 3.8) is 0 Å². The lowest BCUT2D eigenvalue weighted by Crippen LogP contribution is -2.45. The molecule has 0 radical (unpaired) electrons. The molecule has 0 unspecified atom stereocenters. The summed E-state index contributed by atoms with van der Waals surface area (Å²) in [6.07, 6.45) is 4.44. The van der Waals surface area contributed by atoms with E-state index in [0.29, 0.717) is 0 Å². The van der Waals surface area contributed by atoms with Gasteiger partial charge in [-0.25, -0.2) is 4.79 Å². The largest absolute Gasteiger partial charge is 0.454 e. The van der Waals surface area contributed by atoms with Crippen LogP contribution >= 0.6 is 0 Å². The number of hydrogen-bond donors (Lipinski definition) is 1. The molecule has 2 saturated carbocycles. The summed E-state index contributed by atoms with van der Waals surface area (Å²) >= 11 is 0. The maximum Gasteiger partial charge on any atom is 0.329 e. The Labute approximate surface area is 182 Å². The second-order valence-corrected chi connectivity index (χ2v) is 8.92. The van der Waals surface area contributed by atoms with Crippen molar-refractivity contribution in [2.45, 2.75) is 58.9 Å². The molecular weight excluding hydrogens is 396 g/mol. The molecule has 3 amide bonds. The molecule has 0 aromatic heterocycles. The van der Waals surface area contributed by atoms with Gasteiger partial charge in [0.2, 0.25) is 11.8 Å². The smallest absolute Gasteiger partial charge is 0.329 e. The molecule has 3 aliphatic rings. The number of amides is 3. The zero-order valence-corrected chi connectivity index (χ0v) is 18.3. The van der Waals surface area contributed by atoms with Crippen LogP contribution in [-0.4, -0.2) is 41.2 Å². The van der Waals surface area contributed by atoms with Crippen molar-refractivity contribution in [3.8, 4) is 0 Å². The summed E-state index contributed by atoms with van der Waals surface area (Å²) in [5.41, 5.74) is 2.79. The zero-order chi connectivity index (χ0) is 22.3. The molecule has 5 atom stereocenters. The van der Waals surface area contributed by atoms with Crippen molar-refractivity contribution in [2.24, 2.45) is 23.7 Å². The third-order valence-corrected chi connectivity index (χ3v) is 7.30. The molecule has 1 aromatic carbocycles. The first-order valence-electron chi connectivity index (χ1n) is 11.3. The van der Waals surface area contributed by atoms with Crippen molar-refractivity contribution in [1.29, 1.82) is 0 Å². The second-order valence-electron chi connectivity index (χ2n) is 8.92. The molecule has 1 heterocycles. The average Bonchev–Trinajstić information content (AvgIpc) is 3.45. The van der Waals surface area contributed by atoms with E-state index in [2.05, 4.69) is 5.32 Å². The van der Waals surface area contributed by atoms with Crippen LogP contribution in [-0.2, 0) is 36.8 Å². The van der Waals surface area contributed by atoms with Crippen LogP contribution in [0.4, 0.5) is 5.69 Å². The van der Waals surface area contributed by atoms with Gasteiger partial charge in [0.25, 0.3) is 5.91 Å². The molecule has 1 aliphatic heterocycles. The fraction of sp³-hybridized carbons (Fsp3) is 0.583. The number of likely N-dealkylation sites (tertiary alicyclic amines) is 1. The molecule has 166 valence electrons. The SMILES string of the molecule is CCc1cccc(CC)c1NC(=O)COC(=O)[C@H](C)N1C(=O)[C@H]2[C@@H]3CC[C@H](C3)[C@@H]2C1=O. The van der Waals surface area contributed by atoms with Crippen LogP contribution in [0.3, 0.4) is 0 Å². The van der Waals surface area contributed by atoms with Gasteiger partial charge in [-0.2, -0.15) is 0 Å². The van der Waals surface area contributed by atoms with E-state index >= 15 is 0 Å². The predicted octanol–water partition coefficient (Wildman–Crippen LogP) is 2.71. The van der Waals surface area contributed by atoms with Crippen LogP contribution in [0.25, 0.3) is 0 Å². The number of benzene rings is 1. The zero-order valence-electron chi connectivity index (χ0n) is 18.3. The molecule has 4 rings (SSSR count). The van der Waals surface area contributed by atoms with Gasteiger partial charge in [-0.15, -0.1) is 0 Å². The average molecular weight is 427 g/mol. The molecule has 31 heavy (non-hydrogen) atoms. The number of nitrogens with zero attached hydrogens (tertiary/aromatic N) is 1. The van der Waals surface area contributed by atoms with Gasteiger partial charge >= 0.3 is 5.97 Å². The van der Waals surface area contributed by atoms with Gasteiger partial charge in [0, 0.05) is 5.69 Å². The van der Waals surface area contributed by atoms with E-state index in [-0.39, 0.29) is 35.5 Å². The van der Waals surface area contributed by atoms with E-state index in [0.717, 1.165) is 53.8 Å². The summed E-state index contributed by atoms with van der Waals surface area (Å²) in [6.45, 7) is 5.06. The number of aryl methyl sites for hydroxylation is 2. The molecular formula is C24H30N2O5. The van der Waals surface area contributed by atoms with Crippen LogP contribution < -0.4 is 5.32 Å². The number of imide groups is 1. The first-order valence-corrected chi connectivity index (χ1v) is 11.3. The first kappa shape index (κ1) is 21.5. The highest BCUT2D eigenvalue weighted by molar-refractivity contribution is 6.08. The van der Waals surface area contributed by atoms with E-state index in [1.54, 1.807) is 0 Å². The summed E-state index contributed by atoms with van der Waals surface area (Å²) in [5.74, 6) is -1.70. The minimum absolute atomic E-state index is 0.249. The van der Waals surface area contributed by atoms with Gasteiger partial charge in [0.1, 0.15) is 6.04 Å². The Hall–Kier alpha value is -2.70. The van der Waals surface area contributed by atoms with Gasteiger partial charge < -0.3 is 10.1 Å². The number of para-hydroxylation sites is 1. The summed E-state index contributed by atoms with van der Waals surface area (Å²) < 4.78 is 5.19. The van der Waals surface area contributed by atoms with E-state index in [4.69, 9.17) is 4.74 Å². The van der Waals surface area contributed by atoms with Crippen molar-refractivity contribution in [2.75, 3.05) is 11.9 Å². The van der Waals surface area contributed by atoms with Crippen molar-refractivity contribution < 1.29 is 23.9 Å². The molecule has 1 aromatic rings. The quantitative estimate of drug-likeness (QED) is 0.535. The van der Waals surface area contributed by atoms with Crippen LogP contribution in [0.1, 0.15) is 51.2 Å². The van der Waals surface area contributed by atoms with E-state index in [9.17, 15) is 19.2 Å². The van der Waals surface area contributed by atoms with E-state index < -0.39 is 24.5 Å². The highest BCUT2D eigenvalue weighted by atomic mass is 16.5. The van der Waals surface area contributed by atoms with Gasteiger partial charge in [0.05, 0.1) is 11.8 Å². The Morgan fingerprint density at radius 3 is 2.13 bits per heavy atom. The van der Waals surface area contributed by atoms with Crippen molar-refractivity contribution in [1.82, 2.24) is 4.90 Å². The van der Waals surface area contributed by atoms with Crippen LogP contribution in [0.2, 0.25) is 0 Å². The number of anilines is 1. The summed E-state index contributed by atoms with van der Waals surface area (Å²) in [5, 5.41) is 2.85. The molecule has 3 fully saturated rings. The fourth-order valence-electron chi connectivity index (χ4n) is 5.75. The highest BCUT2D eigenvalue weighted by Crippen LogP contribution is 2.56. The van der Waals surface area contributed by atoms with Crippen LogP contribution in [0.15, 0.2) is 18.2 Å². The minimum Gasteiger partial charge on any atom is -0.454 e. The minimum atomic E-state index is -1.02. The van der Waals surface area contributed by atoms with Crippen LogP contribution in [0, 0.1) is 23.7 Å². The molecule has 1 N–H and O–H groups in total. The lowest BCUT2D eigenvalue weighted by Gasteiger charge is -2.23. The summed E-state index contributed by atoms with van der Waals surface area (Å²) in [6, 6.07) is 4.85. The molecule has 7 heteroatoms. The summed E-state index contributed by atoms with van der Waals surface area (Å²) in [7, 11) is 0. The van der Waals surface area contributed by atoms with Gasteiger partial charge in [0.15, 0.2) is 6.61 Å². The van der Waals surface area contributed by atoms with Crippen LogP contribution in [0.5, 0.6) is 0 Å². The number of carbonyl (C=O) groups excluding carboxylic acids is 4. The van der Waals surface area contributed by atoms with E-state index in [1.807, 2.05) is 32.0 Å². The third-order valence-electron chi connectivity index (χ3n) is 7.30. The summed E-state index contributed by atoms with van der Waals surface area (Å²) in [4.78, 5) is 51.8. The molecule has 0 spiro atoms. The Kier molecular flexibility index (Phi) is 5.86. The van der Waals surface area contributed by atoms with Crippen molar-refractivity contribution >= 4 is 29.4 Å². The first-order chi connectivity index (χ1) is 14.9. The number of rotatable bonds is 7. The standard InChI is InChI=1S/C24H30N2O5/c1-4-14-7-6-8-15(5-2)21(14)25-18(27)12-31-24(30)13(3)26-22(28)19-16-9-10-17(11-16)20(19)23(26)29/h6-8,13,16-17,19-20H,4-5,9-12H2,1-3H3,(H,25,27)/t13-,16+,17+,19-,20-/m0/s1. The Morgan fingerprint density at radius 1 is 1.06 bits per heavy atom. The van der Waals surface area contributed by atoms with Gasteiger partial charge in [-0.05, 0) is 62.0 Å². The molecule has 7 nitrogen and oxygen atoms in total.